The van der Waals surface area contributed by atoms with E-state index in [1.54, 1.807) is 18.2 Å². The third-order valence-corrected chi connectivity index (χ3v) is 3.10. The average molecular weight is 299 g/mol. The van der Waals surface area contributed by atoms with Crippen LogP contribution in [0, 0.1) is 0 Å². The van der Waals surface area contributed by atoms with Crippen LogP contribution in [0.4, 0.5) is 15.3 Å². The Labute approximate surface area is 107 Å². The lowest BCUT2D eigenvalue weighted by atomic mass is 10.2. The molecule has 17 heavy (non-hydrogen) atoms. The Morgan fingerprint density at radius 2 is 2.00 bits per heavy atom. The van der Waals surface area contributed by atoms with E-state index in [-0.39, 0.29) is 0 Å². The number of nitrogens with zero attached hydrogens (tertiary/aromatic N) is 1. The van der Waals surface area contributed by atoms with Gasteiger partial charge in [0.25, 0.3) is 0 Å². The molecule has 0 spiro atoms. The average Bonchev–Trinajstić information content (AvgIpc) is 2.18. The van der Waals surface area contributed by atoms with Gasteiger partial charge >= 0.3 is 12.2 Å². The van der Waals surface area contributed by atoms with E-state index in [4.69, 9.17) is 0 Å². The predicted octanol–water partition coefficient (Wildman–Crippen LogP) is 2.82. The molecule has 90 valence electrons. The fourth-order valence-corrected chi connectivity index (χ4v) is 1.72. The number of carbonyl (C=O) groups is 2. The molecule has 1 aromatic rings. The van der Waals surface area contributed by atoms with Gasteiger partial charge in [-0.3, -0.25) is 5.32 Å². The summed E-state index contributed by atoms with van der Waals surface area (Å²) in [6, 6.07) is 7.09. The van der Waals surface area contributed by atoms with Crippen LogP contribution in [-0.4, -0.2) is 30.2 Å². The molecule has 5 nitrogen and oxygen atoms in total. The van der Waals surface area contributed by atoms with E-state index in [1.165, 1.54) is 4.90 Å². The molecule has 0 saturated carbocycles. The van der Waals surface area contributed by atoms with Gasteiger partial charge in [-0.2, -0.15) is 0 Å². The van der Waals surface area contributed by atoms with Crippen molar-refractivity contribution in [2.24, 2.45) is 0 Å². The molecule has 0 aromatic heterocycles. The van der Waals surface area contributed by atoms with Crippen molar-refractivity contribution in [3.05, 3.63) is 28.7 Å². The Morgan fingerprint density at radius 1 is 1.29 bits per heavy atom. The maximum absolute atomic E-state index is 11.4. The quantitative estimate of drug-likeness (QED) is 0.811. The molecule has 0 bridgehead atoms. The normalized spacial score (nSPS) is 13.8. The van der Waals surface area contributed by atoms with E-state index in [2.05, 4.69) is 26.0 Å². The van der Waals surface area contributed by atoms with Crippen molar-refractivity contribution >= 4 is 33.8 Å². The molecule has 1 N–H and O–H groups in total. The highest BCUT2D eigenvalue weighted by Gasteiger charge is 2.24. The zero-order valence-electron chi connectivity index (χ0n) is 8.98. The number of para-hydroxylation sites is 1. The molecule has 2 amide bonds. The molecule has 2 rings (SSSR count). The lowest BCUT2D eigenvalue weighted by molar-refractivity contribution is 0.103. The van der Waals surface area contributed by atoms with Gasteiger partial charge in [-0.25, -0.2) is 9.59 Å². The van der Waals surface area contributed by atoms with Gasteiger partial charge in [-0.1, -0.05) is 12.1 Å². The molecule has 1 aromatic carbocycles. The fraction of sp³-hybridized carbons (Fsp3) is 0.273. The third kappa shape index (κ3) is 2.97. The lowest BCUT2D eigenvalue weighted by Gasteiger charge is -2.29. The van der Waals surface area contributed by atoms with Gasteiger partial charge < -0.3 is 9.64 Å². The molecule has 1 saturated heterocycles. The number of amides is 2. The van der Waals surface area contributed by atoms with E-state index in [1.807, 2.05) is 6.07 Å². The van der Waals surface area contributed by atoms with E-state index in [0.717, 1.165) is 10.9 Å². The molecule has 6 heteroatoms. The summed E-state index contributed by atoms with van der Waals surface area (Å²) in [4.78, 5) is 24.2. The molecule has 1 fully saturated rings. The zero-order valence-corrected chi connectivity index (χ0v) is 10.6. The summed E-state index contributed by atoms with van der Waals surface area (Å²) < 4.78 is 5.36. The minimum absolute atomic E-state index is 0.564. The van der Waals surface area contributed by atoms with Crippen LogP contribution < -0.4 is 5.32 Å². The van der Waals surface area contributed by atoms with Crippen LogP contribution in [0.1, 0.15) is 6.42 Å². The second kappa shape index (κ2) is 5.18. The van der Waals surface area contributed by atoms with E-state index in [0.29, 0.717) is 18.8 Å². The summed E-state index contributed by atoms with van der Waals surface area (Å²) in [5.74, 6) is 0. The Bertz CT molecular complexity index is 446. The molecule has 1 aliphatic rings. The van der Waals surface area contributed by atoms with Gasteiger partial charge in [0.15, 0.2) is 0 Å². The molecular formula is C11H11BrN2O3. The molecule has 1 heterocycles. The standard InChI is InChI=1S/C11H11BrN2O3/c12-8-4-1-2-5-9(8)13-10(15)17-11(16)14-6-3-7-14/h1-2,4-5H,3,6-7H2,(H,13,15). The van der Waals surface area contributed by atoms with Crippen molar-refractivity contribution in [2.45, 2.75) is 6.42 Å². The highest BCUT2D eigenvalue weighted by atomic mass is 79.9. The topological polar surface area (TPSA) is 58.6 Å². The van der Waals surface area contributed by atoms with E-state index in [9.17, 15) is 9.59 Å². The fourth-order valence-electron chi connectivity index (χ4n) is 1.34. The molecular weight excluding hydrogens is 288 g/mol. The van der Waals surface area contributed by atoms with Gasteiger partial charge in [-0.05, 0) is 34.5 Å². The van der Waals surface area contributed by atoms with Crippen LogP contribution in [0.15, 0.2) is 28.7 Å². The summed E-state index contributed by atoms with van der Waals surface area (Å²) in [7, 11) is 0. The zero-order chi connectivity index (χ0) is 12.3. The van der Waals surface area contributed by atoms with Gasteiger partial charge in [0.2, 0.25) is 0 Å². The number of likely N-dealkylation sites (tertiary alicyclic amines) is 1. The highest BCUT2D eigenvalue weighted by molar-refractivity contribution is 9.10. The third-order valence-electron chi connectivity index (χ3n) is 2.40. The van der Waals surface area contributed by atoms with Crippen molar-refractivity contribution in [1.29, 1.82) is 0 Å². The van der Waals surface area contributed by atoms with Gasteiger partial charge in [0.1, 0.15) is 0 Å². The number of carbonyl (C=O) groups excluding carboxylic acids is 2. The number of rotatable bonds is 1. The maximum atomic E-state index is 11.4. The van der Waals surface area contributed by atoms with Gasteiger partial charge in [-0.15, -0.1) is 0 Å². The first-order valence-corrected chi connectivity index (χ1v) is 5.98. The summed E-state index contributed by atoms with van der Waals surface area (Å²) in [6.07, 6.45) is -0.407. The van der Waals surface area contributed by atoms with Crippen molar-refractivity contribution in [2.75, 3.05) is 18.4 Å². The molecule has 0 aliphatic carbocycles. The first kappa shape index (κ1) is 11.9. The number of benzene rings is 1. The van der Waals surface area contributed by atoms with Crippen LogP contribution in [0.3, 0.4) is 0 Å². The number of halogens is 1. The minimum atomic E-state index is -0.770. The number of ether oxygens (including phenoxy) is 1. The summed E-state index contributed by atoms with van der Waals surface area (Å²) in [6.45, 7) is 1.31. The molecule has 0 radical (unpaired) electrons. The SMILES string of the molecule is O=C(Nc1ccccc1Br)OC(=O)N1CCC1. The van der Waals surface area contributed by atoms with Crippen molar-refractivity contribution in [3.63, 3.8) is 0 Å². The summed E-state index contributed by atoms with van der Waals surface area (Å²) in [5.41, 5.74) is 0.564. The van der Waals surface area contributed by atoms with Crippen LogP contribution in [0.25, 0.3) is 0 Å². The predicted molar refractivity (Wildman–Crippen MR) is 65.8 cm³/mol. The van der Waals surface area contributed by atoms with Gasteiger partial charge in [0.05, 0.1) is 5.69 Å². The Morgan fingerprint density at radius 3 is 2.59 bits per heavy atom. The van der Waals surface area contributed by atoms with Crippen molar-refractivity contribution in [3.8, 4) is 0 Å². The van der Waals surface area contributed by atoms with E-state index >= 15 is 0 Å². The van der Waals surface area contributed by atoms with Crippen molar-refractivity contribution < 1.29 is 14.3 Å². The Kier molecular flexibility index (Phi) is 3.63. The number of nitrogens with one attached hydrogen (secondary N) is 1. The monoisotopic (exact) mass is 298 g/mol. The lowest BCUT2D eigenvalue weighted by Crippen LogP contribution is -2.43. The molecule has 0 atom stereocenters. The van der Waals surface area contributed by atoms with E-state index < -0.39 is 12.2 Å². The molecule has 0 unspecified atom stereocenters. The summed E-state index contributed by atoms with van der Waals surface area (Å²) in [5, 5.41) is 2.49. The first-order valence-electron chi connectivity index (χ1n) is 5.19. The van der Waals surface area contributed by atoms with Gasteiger partial charge in [0, 0.05) is 17.6 Å². The number of hydrogen-bond donors (Lipinski definition) is 1. The largest absolute Gasteiger partial charge is 0.420 e. The second-order valence-corrected chi connectivity index (χ2v) is 4.46. The van der Waals surface area contributed by atoms with Crippen LogP contribution in [-0.2, 0) is 4.74 Å². The Balaban J connectivity index is 1.89. The second-order valence-electron chi connectivity index (χ2n) is 3.60. The van der Waals surface area contributed by atoms with Crippen LogP contribution in [0.5, 0.6) is 0 Å². The summed E-state index contributed by atoms with van der Waals surface area (Å²) >= 11 is 3.28. The van der Waals surface area contributed by atoms with Crippen molar-refractivity contribution in [1.82, 2.24) is 4.90 Å². The van der Waals surface area contributed by atoms with Crippen LogP contribution >= 0.6 is 15.9 Å². The minimum Gasteiger partial charge on any atom is -0.359 e. The first-order chi connectivity index (χ1) is 8.16. The Hall–Kier alpha value is -1.56. The van der Waals surface area contributed by atoms with Crippen LogP contribution in [0.2, 0.25) is 0 Å². The number of anilines is 1. The highest BCUT2D eigenvalue weighted by Crippen LogP contribution is 2.21. The maximum Gasteiger partial charge on any atom is 0.420 e. The molecule has 1 aliphatic heterocycles. The number of hydrogen-bond acceptors (Lipinski definition) is 3. The smallest absolute Gasteiger partial charge is 0.359 e.